The zero-order valence-electron chi connectivity index (χ0n) is 10.1. The molecule has 0 saturated carbocycles. The monoisotopic (exact) mass is 271 g/mol. The van der Waals surface area contributed by atoms with E-state index in [1.54, 1.807) is 13.2 Å². The highest BCUT2D eigenvalue weighted by atomic mass is 19.4. The van der Waals surface area contributed by atoms with E-state index in [-0.39, 0.29) is 0 Å². The second-order valence-corrected chi connectivity index (χ2v) is 4.16. The molecule has 2 rings (SSSR count). The molecule has 0 aliphatic carbocycles. The van der Waals surface area contributed by atoms with Gasteiger partial charge in [-0.3, -0.25) is 9.67 Å². The molecular formula is C11H12F3N5. The van der Waals surface area contributed by atoms with Crippen molar-refractivity contribution < 1.29 is 13.2 Å². The van der Waals surface area contributed by atoms with Gasteiger partial charge in [-0.1, -0.05) is 5.21 Å². The number of pyridine rings is 1. The Kier molecular flexibility index (Phi) is 3.52. The van der Waals surface area contributed by atoms with Gasteiger partial charge in [0.15, 0.2) is 0 Å². The van der Waals surface area contributed by atoms with E-state index in [4.69, 9.17) is 5.73 Å². The normalized spacial score (nSPS) is 13.5. The van der Waals surface area contributed by atoms with Crippen molar-refractivity contribution in [2.45, 2.75) is 18.6 Å². The van der Waals surface area contributed by atoms with Crippen LogP contribution in [0.2, 0.25) is 0 Å². The molecule has 2 aromatic heterocycles. The number of hydrogen-bond acceptors (Lipinski definition) is 4. The van der Waals surface area contributed by atoms with Crippen molar-refractivity contribution in [3.8, 4) is 0 Å². The first kappa shape index (κ1) is 13.5. The van der Waals surface area contributed by atoms with Gasteiger partial charge in [0, 0.05) is 25.9 Å². The third-order valence-corrected chi connectivity index (χ3v) is 2.57. The van der Waals surface area contributed by atoms with Gasteiger partial charge < -0.3 is 5.73 Å². The molecule has 2 aromatic rings. The minimum Gasteiger partial charge on any atom is -0.322 e. The number of hydrogen-bond donors (Lipinski definition) is 1. The molecule has 8 heteroatoms. The molecule has 0 bridgehead atoms. The van der Waals surface area contributed by atoms with Crippen molar-refractivity contribution in [2.24, 2.45) is 12.8 Å². The maximum Gasteiger partial charge on any atom is 0.417 e. The first-order valence-corrected chi connectivity index (χ1v) is 5.50. The first-order chi connectivity index (χ1) is 8.86. The Labute approximate surface area is 107 Å². The average molecular weight is 271 g/mol. The van der Waals surface area contributed by atoms with E-state index >= 15 is 0 Å². The minimum atomic E-state index is -4.39. The minimum absolute atomic E-state index is 0.367. The zero-order chi connectivity index (χ0) is 14.0. The highest BCUT2D eigenvalue weighted by Gasteiger charge is 2.30. The Morgan fingerprint density at radius 3 is 2.58 bits per heavy atom. The van der Waals surface area contributed by atoms with Gasteiger partial charge in [0.2, 0.25) is 0 Å². The van der Waals surface area contributed by atoms with Crippen LogP contribution < -0.4 is 5.73 Å². The molecule has 0 aromatic carbocycles. The quantitative estimate of drug-likeness (QED) is 0.917. The lowest BCUT2D eigenvalue weighted by Gasteiger charge is -2.11. The molecule has 0 radical (unpaired) electrons. The number of nitrogens with zero attached hydrogens (tertiary/aromatic N) is 4. The largest absolute Gasteiger partial charge is 0.417 e. The van der Waals surface area contributed by atoms with Gasteiger partial charge in [0.1, 0.15) is 0 Å². The third kappa shape index (κ3) is 3.28. The maximum absolute atomic E-state index is 12.4. The second kappa shape index (κ2) is 4.96. The molecule has 19 heavy (non-hydrogen) atoms. The van der Waals surface area contributed by atoms with Crippen LogP contribution in [0, 0.1) is 0 Å². The average Bonchev–Trinajstić information content (AvgIpc) is 2.74. The van der Waals surface area contributed by atoms with Crippen LogP contribution in [0.4, 0.5) is 13.2 Å². The van der Waals surface area contributed by atoms with Crippen LogP contribution in [0.1, 0.15) is 23.0 Å². The molecule has 0 saturated heterocycles. The lowest BCUT2D eigenvalue weighted by molar-refractivity contribution is -0.137. The molecule has 5 nitrogen and oxygen atoms in total. The fraction of sp³-hybridized carbons (Fsp3) is 0.364. The molecule has 1 unspecified atom stereocenters. The summed E-state index contributed by atoms with van der Waals surface area (Å²) in [6.45, 7) is 0. The Morgan fingerprint density at radius 2 is 2.11 bits per heavy atom. The lowest BCUT2D eigenvalue weighted by atomic mass is 10.1. The predicted octanol–water partition coefficient (Wildman–Crippen LogP) is 1.47. The lowest BCUT2D eigenvalue weighted by Crippen LogP contribution is -2.16. The van der Waals surface area contributed by atoms with Crippen LogP contribution in [-0.4, -0.2) is 20.0 Å². The molecule has 0 amide bonds. The van der Waals surface area contributed by atoms with Gasteiger partial charge in [-0.25, -0.2) is 0 Å². The van der Waals surface area contributed by atoms with E-state index in [0.717, 1.165) is 12.3 Å². The highest BCUT2D eigenvalue weighted by molar-refractivity contribution is 5.19. The molecule has 102 valence electrons. The second-order valence-electron chi connectivity index (χ2n) is 4.16. The molecule has 0 aliphatic rings. The molecule has 0 aliphatic heterocycles. The van der Waals surface area contributed by atoms with Crippen molar-refractivity contribution in [1.82, 2.24) is 20.0 Å². The SMILES string of the molecule is Cn1cc(CC(N)c2ccc(C(F)(F)F)cn2)nn1. The number of aryl methyl sites for hydroxylation is 1. The van der Waals surface area contributed by atoms with Crippen LogP contribution in [0.15, 0.2) is 24.5 Å². The molecule has 2 N–H and O–H groups in total. The summed E-state index contributed by atoms with van der Waals surface area (Å²) in [5.41, 5.74) is 6.14. The Bertz CT molecular complexity index is 546. The number of alkyl halides is 3. The van der Waals surface area contributed by atoms with E-state index in [2.05, 4.69) is 15.3 Å². The zero-order valence-corrected chi connectivity index (χ0v) is 10.1. The van der Waals surface area contributed by atoms with E-state index in [9.17, 15) is 13.2 Å². The van der Waals surface area contributed by atoms with Crippen LogP contribution in [0.3, 0.4) is 0 Å². The summed E-state index contributed by atoms with van der Waals surface area (Å²) in [7, 11) is 1.72. The van der Waals surface area contributed by atoms with Crippen LogP contribution >= 0.6 is 0 Å². The van der Waals surface area contributed by atoms with Gasteiger partial charge >= 0.3 is 6.18 Å². The fourth-order valence-corrected chi connectivity index (χ4v) is 1.61. The standard InChI is InChI=1S/C11H12F3N5/c1-19-6-8(17-18-19)4-9(15)10-3-2-7(5-16-10)11(12,13)14/h2-3,5-6,9H,4,15H2,1H3. The molecule has 0 fully saturated rings. The van der Waals surface area contributed by atoms with Crippen LogP contribution in [0.5, 0.6) is 0 Å². The van der Waals surface area contributed by atoms with Crippen molar-refractivity contribution in [3.63, 3.8) is 0 Å². The van der Waals surface area contributed by atoms with E-state index < -0.39 is 17.8 Å². The summed E-state index contributed by atoms with van der Waals surface area (Å²) < 4.78 is 38.7. The van der Waals surface area contributed by atoms with Crippen molar-refractivity contribution in [2.75, 3.05) is 0 Å². The Morgan fingerprint density at radius 1 is 1.37 bits per heavy atom. The Balaban J connectivity index is 2.09. The van der Waals surface area contributed by atoms with Crippen LogP contribution in [0.25, 0.3) is 0 Å². The maximum atomic E-state index is 12.4. The number of halogens is 3. The van der Waals surface area contributed by atoms with Crippen LogP contribution in [-0.2, 0) is 19.6 Å². The van der Waals surface area contributed by atoms with Crippen molar-refractivity contribution >= 4 is 0 Å². The summed E-state index contributed by atoms with van der Waals surface area (Å²) in [5, 5.41) is 7.61. The Hall–Kier alpha value is -1.96. The summed E-state index contributed by atoms with van der Waals surface area (Å²) in [6, 6.07) is 1.74. The topological polar surface area (TPSA) is 69.6 Å². The van der Waals surface area contributed by atoms with Gasteiger partial charge in [0.25, 0.3) is 0 Å². The third-order valence-electron chi connectivity index (χ3n) is 2.57. The molecule has 0 spiro atoms. The van der Waals surface area contributed by atoms with Gasteiger partial charge in [0.05, 0.1) is 23.0 Å². The van der Waals surface area contributed by atoms with Crippen molar-refractivity contribution in [3.05, 3.63) is 41.5 Å². The van der Waals surface area contributed by atoms with E-state index in [1.807, 2.05) is 0 Å². The van der Waals surface area contributed by atoms with Gasteiger partial charge in [-0.2, -0.15) is 13.2 Å². The van der Waals surface area contributed by atoms with Gasteiger partial charge in [-0.05, 0) is 12.1 Å². The fourth-order valence-electron chi connectivity index (χ4n) is 1.61. The molecular weight excluding hydrogens is 259 g/mol. The molecule has 2 heterocycles. The van der Waals surface area contributed by atoms with E-state index in [1.165, 1.54) is 10.7 Å². The number of rotatable bonds is 3. The number of nitrogens with two attached hydrogens (primary N) is 1. The number of aromatic nitrogens is 4. The molecule has 1 atom stereocenters. The summed E-state index contributed by atoms with van der Waals surface area (Å²) >= 11 is 0. The van der Waals surface area contributed by atoms with E-state index in [0.29, 0.717) is 17.8 Å². The predicted molar refractivity (Wildman–Crippen MR) is 60.9 cm³/mol. The summed E-state index contributed by atoms with van der Waals surface area (Å²) in [6.07, 6.45) is -1.54. The van der Waals surface area contributed by atoms with Crippen molar-refractivity contribution in [1.29, 1.82) is 0 Å². The van der Waals surface area contributed by atoms with Gasteiger partial charge in [-0.15, -0.1) is 5.10 Å². The summed E-state index contributed by atoms with van der Waals surface area (Å²) in [5.74, 6) is 0. The summed E-state index contributed by atoms with van der Waals surface area (Å²) in [4.78, 5) is 3.75. The smallest absolute Gasteiger partial charge is 0.322 e. The first-order valence-electron chi connectivity index (χ1n) is 5.50. The highest BCUT2D eigenvalue weighted by Crippen LogP contribution is 2.28.